The lowest BCUT2D eigenvalue weighted by atomic mass is 9.90. The van der Waals surface area contributed by atoms with E-state index in [9.17, 15) is 14.7 Å². The Morgan fingerprint density at radius 1 is 1.44 bits per heavy atom. The summed E-state index contributed by atoms with van der Waals surface area (Å²) in [6, 6.07) is 2.75. The van der Waals surface area contributed by atoms with Crippen LogP contribution in [0.2, 0.25) is 0 Å². The van der Waals surface area contributed by atoms with E-state index in [1.54, 1.807) is 11.5 Å². The molecule has 0 amide bonds. The fraction of sp³-hybridized carbons (Fsp3) is 0.500. The molecule has 88 valence electrons. The summed E-state index contributed by atoms with van der Waals surface area (Å²) < 4.78 is 1.58. The van der Waals surface area contributed by atoms with Gasteiger partial charge in [0, 0.05) is 24.5 Å². The summed E-state index contributed by atoms with van der Waals surface area (Å²) in [7, 11) is 0. The van der Waals surface area contributed by atoms with Crippen LogP contribution >= 0.6 is 0 Å². The molecule has 0 saturated carbocycles. The second kappa shape index (κ2) is 4.51. The number of nitrogens with zero attached hydrogens (tertiary/aromatic N) is 1. The molecule has 1 atom stereocenters. The van der Waals surface area contributed by atoms with Gasteiger partial charge in [-0.2, -0.15) is 0 Å². The molecule has 0 aliphatic carbocycles. The molecule has 1 aromatic heterocycles. The summed E-state index contributed by atoms with van der Waals surface area (Å²) in [5.74, 6) is -0.620. The van der Waals surface area contributed by atoms with Gasteiger partial charge < -0.3 is 9.67 Å². The predicted molar refractivity (Wildman–Crippen MR) is 61.4 cm³/mol. The molecular weight excluding hydrogens is 206 g/mol. The molecule has 1 unspecified atom stereocenters. The van der Waals surface area contributed by atoms with Gasteiger partial charge in [0.15, 0.2) is 5.43 Å². The smallest absolute Gasteiger partial charge is 0.329 e. The highest BCUT2D eigenvalue weighted by Gasteiger charge is 2.34. The zero-order chi connectivity index (χ0) is 12.3. The lowest BCUT2D eigenvalue weighted by Crippen LogP contribution is -2.40. The molecule has 0 radical (unpaired) electrons. The molecule has 4 heteroatoms. The number of rotatable bonds is 4. The minimum atomic E-state index is -0.998. The monoisotopic (exact) mass is 223 g/mol. The van der Waals surface area contributed by atoms with E-state index in [0.29, 0.717) is 6.42 Å². The standard InChI is InChI=1S/C12H17NO3/c1-9(2)8-12(3,11(15)16)13-6-4-10(14)5-7-13/h4-7,9H,8H2,1-3H3,(H,15,16). The van der Waals surface area contributed by atoms with Crippen molar-refractivity contribution in [2.75, 3.05) is 0 Å². The van der Waals surface area contributed by atoms with Gasteiger partial charge in [0.1, 0.15) is 5.54 Å². The zero-order valence-electron chi connectivity index (χ0n) is 9.80. The summed E-state index contributed by atoms with van der Waals surface area (Å²) in [5.41, 5.74) is -1.12. The molecule has 1 N–H and O–H groups in total. The van der Waals surface area contributed by atoms with Crippen LogP contribution < -0.4 is 5.43 Å². The molecule has 0 aliphatic heterocycles. The average molecular weight is 223 g/mol. The van der Waals surface area contributed by atoms with E-state index in [0.717, 1.165) is 0 Å². The van der Waals surface area contributed by atoms with E-state index in [1.165, 1.54) is 24.5 Å². The Bertz CT molecular complexity index is 416. The first-order chi connectivity index (χ1) is 7.36. The topological polar surface area (TPSA) is 59.3 Å². The van der Waals surface area contributed by atoms with Crippen LogP contribution in [0.15, 0.2) is 29.3 Å². The maximum absolute atomic E-state index is 11.3. The average Bonchev–Trinajstić information content (AvgIpc) is 2.17. The highest BCUT2D eigenvalue weighted by atomic mass is 16.4. The first-order valence-electron chi connectivity index (χ1n) is 5.28. The van der Waals surface area contributed by atoms with Crippen molar-refractivity contribution in [3.05, 3.63) is 34.7 Å². The molecule has 16 heavy (non-hydrogen) atoms. The van der Waals surface area contributed by atoms with E-state index < -0.39 is 11.5 Å². The van der Waals surface area contributed by atoms with Crippen LogP contribution in [0.5, 0.6) is 0 Å². The third-order valence-electron chi connectivity index (χ3n) is 2.64. The highest BCUT2D eigenvalue weighted by Crippen LogP contribution is 2.24. The fourth-order valence-corrected chi connectivity index (χ4v) is 1.84. The maximum atomic E-state index is 11.3. The minimum Gasteiger partial charge on any atom is -0.479 e. The van der Waals surface area contributed by atoms with Gasteiger partial charge in [-0.3, -0.25) is 4.79 Å². The summed E-state index contributed by atoms with van der Waals surface area (Å²) >= 11 is 0. The van der Waals surface area contributed by atoms with E-state index in [-0.39, 0.29) is 11.3 Å². The lowest BCUT2D eigenvalue weighted by Gasteiger charge is -2.29. The number of carboxylic acid groups (broad SMARTS) is 1. The van der Waals surface area contributed by atoms with Crippen molar-refractivity contribution in [1.29, 1.82) is 0 Å². The maximum Gasteiger partial charge on any atom is 0.329 e. The van der Waals surface area contributed by atoms with Crippen molar-refractivity contribution in [3.8, 4) is 0 Å². The van der Waals surface area contributed by atoms with Gasteiger partial charge in [-0.15, -0.1) is 0 Å². The molecule has 4 nitrogen and oxygen atoms in total. The van der Waals surface area contributed by atoms with Crippen molar-refractivity contribution < 1.29 is 9.90 Å². The van der Waals surface area contributed by atoms with Crippen LogP contribution in [0.3, 0.4) is 0 Å². The van der Waals surface area contributed by atoms with Gasteiger partial charge in [-0.25, -0.2) is 4.79 Å². The van der Waals surface area contributed by atoms with E-state index in [2.05, 4.69) is 0 Å². The predicted octanol–water partition coefficient (Wildman–Crippen LogP) is 1.69. The first-order valence-corrected chi connectivity index (χ1v) is 5.28. The van der Waals surface area contributed by atoms with E-state index >= 15 is 0 Å². The van der Waals surface area contributed by atoms with E-state index in [4.69, 9.17) is 0 Å². The summed E-state index contributed by atoms with van der Waals surface area (Å²) in [6.45, 7) is 5.62. The molecule has 0 aromatic carbocycles. The number of pyridine rings is 1. The van der Waals surface area contributed by atoms with Crippen molar-refractivity contribution in [1.82, 2.24) is 4.57 Å². The molecule has 0 saturated heterocycles. The summed E-state index contributed by atoms with van der Waals surface area (Å²) in [5, 5.41) is 9.31. The number of aliphatic carboxylic acids is 1. The van der Waals surface area contributed by atoms with Crippen LogP contribution in [-0.4, -0.2) is 15.6 Å². The molecular formula is C12H17NO3. The van der Waals surface area contributed by atoms with Crippen molar-refractivity contribution >= 4 is 5.97 Å². The van der Waals surface area contributed by atoms with Gasteiger partial charge in [0.2, 0.25) is 0 Å². The zero-order valence-corrected chi connectivity index (χ0v) is 9.80. The molecule has 0 aliphatic rings. The Balaban J connectivity index is 3.16. The number of hydrogen-bond donors (Lipinski definition) is 1. The molecule has 1 heterocycles. The van der Waals surface area contributed by atoms with Crippen molar-refractivity contribution in [2.24, 2.45) is 5.92 Å². The molecule has 0 fully saturated rings. The van der Waals surface area contributed by atoms with Crippen LogP contribution in [0.4, 0.5) is 0 Å². The van der Waals surface area contributed by atoms with Crippen LogP contribution in [0.1, 0.15) is 27.2 Å². The Kier molecular flexibility index (Phi) is 3.52. The number of aromatic nitrogens is 1. The number of carboxylic acids is 1. The minimum absolute atomic E-state index is 0.117. The summed E-state index contributed by atoms with van der Waals surface area (Å²) in [6.07, 6.45) is 3.57. The first kappa shape index (κ1) is 12.5. The molecule has 1 aromatic rings. The highest BCUT2D eigenvalue weighted by molar-refractivity contribution is 5.76. The van der Waals surface area contributed by atoms with Gasteiger partial charge >= 0.3 is 5.97 Å². The summed E-state index contributed by atoms with van der Waals surface area (Å²) in [4.78, 5) is 22.3. The number of hydrogen-bond acceptors (Lipinski definition) is 2. The van der Waals surface area contributed by atoms with Crippen molar-refractivity contribution in [3.63, 3.8) is 0 Å². The third kappa shape index (κ3) is 2.51. The lowest BCUT2D eigenvalue weighted by molar-refractivity contribution is -0.147. The quantitative estimate of drug-likeness (QED) is 0.845. The number of carbonyl (C=O) groups is 1. The van der Waals surface area contributed by atoms with Gasteiger partial charge in [0.05, 0.1) is 0 Å². The second-order valence-corrected chi connectivity index (χ2v) is 4.62. The van der Waals surface area contributed by atoms with E-state index in [1.807, 2.05) is 13.8 Å². The molecule has 0 spiro atoms. The van der Waals surface area contributed by atoms with Gasteiger partial charge in [0.25, 0.3) is 0 Å². The van der Waals surface area contributed by atoms with Crippen LogP contribution in [0.25, 0.3) is 0 Å². The van der Waals surface area contributed by atoms with Crippen LogP contribution in [0, 0.1) is 5.92 Å². The Labute approximate surface area is 94.5 Å². The normalized spacial score (nSPS) is 14.8. The largest absolute Gasteiger partial charge is 0.479 e. The Hall–Kier alpha value is -1.58. The second-order valence-electron chi connectivity index (χ2n) is 4.62. The fourth-order valence-electron chi connectivity index (χ4n) is 1.84. The van der Waals surface area contributed by atoms with Gasteiger partial charge in [-0.1, -0.05) is 13.8 Å². The van der Waals surface area contributed by atoms with Crippen molar-refractivity contribution in [2.45, 2.75) is 32.7 Å². The SMILES string of the molecule is CC(C)CC(C)(C(=O)O)n1ccc(=O)cc1. The van der Waals surface area contributed by atoms with Crippen LogP contribution in [-0.2, 0) is 10.3 Å². The third-order valence-corrected chi connectivity index (χ3v) is 2.64. The Morgan fingerprint density at radius 2 is 1.94 bits per heavy atom. The Morgan fingerprint density at radius 3 is 2.31 bits per heavy atom. The molecule has 0 bridgehead atoms. The molecule has 1 rings (SSSR count). The van der Waals surface area contributed by atoms with Gasteiger partial charge in [-0.05, 0) is 19.3 Å².